The highest BCUT2D eigenvalue weighted by Gasteiger charge is 2.22. The second-order valence-corrected chi connectivity index (χ2v) is 7.11. The Morgan fingerprint density at radius 2 is 2.04 bits per heavy atom. The number of pyridine rings is 1. The Labute approximate surface area is 189 Å². The molecule has 1 fully saturated rings. The van der Waals surface area contributed by atoms with E-state index >= 15 is 0 Å². The second-order valence-electron chi connectivity index (χ2n) is 6.72. The van der Waals surface area contributed by atoms with Crippen molar-refractivity contribution in [1.82, 2.24) is 15.6 Å². The van der Waals surface area contributed by atoms with Crippen LogP contribution < -0.4 is 15.4 Å². The monoisotopic (exact) mass is 514 g/mol. The van der Waals surface area contributed by atoms with Crippen molar-refractivity contribution in [2.45, 2.75) is 32.7 Å². The van der Waals surface area contributed by atoms with Gasteiger partial charge in [-0.05, 0) is 49.8 Å². The molecule has 0 saturated heterocycles. The van der Waals surface area contributed by atoms with Crippen molar-refractivity contribution in [3.63, 3.8) is 0 Å². The standard InChI is InChI=1S/C21H27ClN4O.HI/c1-2-23-21(24-12-11-16-9-10-20(22)25-13-16)26-14-18-5-3-4-6-19(18)27-15-17-7-8-17;/h3-6,9-10,13,17H,2,7-8,11-12,14-15H2,1H3,(H2,23,24,26);1H. The van der Waals surface area contributed by atoms with E-state index in [1.54, 1.807) is 0 Å². The topological polar surface area (TPSA) is 58.5 Å². The molecular formula is C21H28ClIN4O. The van der Waals surface area contributed by atoms with Crippen molar-refractivity contribution in [2.24, 2.45) is 10.9 Å². The molecule has 1 saturated carbocycles. The molecule has 2 N–H and O–H groups in total. The summed E-state index contributed by atoms with van der Waals surface area (Å²) in [4.78, 5) is 8.82. The molecule has 0 aliphatic heterocycles. The van der Waals surface area contributed by atoms with Gasteiger partial charge in [0.05, 0.1) is 13.2 Å². The number of hydrogen-bond donors (Lipinski definition) is 2. The van der Waals surface area contributed by atoms with Gasteiger partial charge in [-0.25, -0.2) is 9.98 Å². The van der Waals surface area contributed by atoms with Gasteiger partial charge in [0.25, 0.3) is 0 Å². The van der Waals surface area contributed by atoms with Crippen molar-refractivity contribution in [2.75, 3.05) is 19.7 Å². The zero-order chi connectivity index (χ0) is 18.9. The second kappa shape index (κ2) is 12.1. The highest BCUT2D eigenvalue weighted by atomic mass is 127. The molecule has 0 unspecified atom stereocenters. The Hall–Kier alpha value is -1.54. The minimum atomic E-state index is 0. The molecule has 2 aromatic rings. The third-order valence-corrected chi connectivity index (χ3v) is 4.61. The van der Waals surface area contributed by atoms with Crippen LogP contribution in [0.5, 0.6) is 5.75 Å². The third kappa shape index (κ3) is 7.83. The van der Waals surface area contributed by atoms with E-state index in [0.717, 1.165) is 54.9 Å². The summed E-state index contributed by atoms with van der Waals surface area (Å²) in [7, 11) is 0. The summed E-state index contributed by atoms with van der Waals surface area (Å²) in [6, 6.07) is 12.0. The number of halogens is 2. The molecule has 5 nitrogen and oxygen atoms in total. The Morgan fingerprint density at radius 1 is 1.21 bits per heavy atom. The summed E-state index contributed by atoms with van der Waals surface area (Å²) in [6.45, 7) is 5.04. The molecule has 3 rings (SSSR count). The molecule has 28 heavy (non-hydrogen) atoms. The van der Waals surface area contributed by atoms with Gasteiger partial charge in [-0.15, -0.1) is 24.0 Å². The average molecular weight is 515 g/mol. The Kier molecular flexibility index (Phi) is 9.84. The van der Waals surface area contributed by atoms with Crippen molar-refractivity contribution < 1.29 is 4.74 Å². The van der Waals surface area contributed by atoms with Crippen LogP contribution in [0.2, 0.25) is 5.15 Å². The maximum absolute atomic E-state index is 5.97. The molecule has 0 amide bonds. The van der Waals surface area contributed by atoms with Gasteiger partial charge >= 0.3 is 0 Å². The van der Waals surface area contributed by atoms with Crippen LogP contribution in [0, 0.1) is 5.92 Å². The van der Waals surface area contributed by atoms with Crippen molar-refractivity contribution in [3.05, 3.63) is 58.9 Å². The quantitative estimate of drug-likeness (QED) is 0.225. The largest absolute Gasteiger partial charge is 0.493 e. The Morgan fingerprint density at radius 3 is 2.75 bits per heavy atom. The molecule has 7 heteroatoms. The summed E-state index contributed by atoms with van der Waals surface area (Å²) in [5, 5.41) is 7.18. The fourth-order valence-electron chi connectivity index (χ4n) is 2.65. The first-order chi connectivity index (χ1) is 13.2. The predicted molar refractivity (Wildman–Crippen MR) is 126 cm³/mol. The number of rotatable bonds is 9. The van der Waals surface area contributed by atoms with Gasteiger partial charge in [0.1, 0.15) is 10.9 Å². The van der Waals surface area contributed by atoms with Crippen molar-refractivity contribution >= 4 is 41.5 Å². The third-order valence-electron chi connectivity index (χ3n) is 4.39. The summed E-state index contributed by atoms with van der Waals surface area (Å²) in [5.74, 6) is 2.48. The molecule has 1 aliphatic carbocycles. The zero-order valence-corrected chi connectivity index (χ0v) is 19.2. The number of nitrogens with one attached hydrogen (secondary N) is 2. The van der Waals surface area contributed by atoms with E-state index in [1.165, 1.54) is 12.8 Å². The lowest BCUT2D eigenvalue weighted by Gasteiger charge is -2.13. The molecule has 1 aliphatic rings. The molecule has 0 atom stereocenters. The molecule has 1 heterocycles. The summed E-state index contributed by atoms with van der Waals surface area (Å²) in [5.41, 5.74) is 2.25. The van der Waals surface area contributed by atoms with Gasteiger partial charge in [0, 0.05) is 24.8 Å². The number of ether oxygens (including phenoxy) is 1. The van der Waals surface area contributed by atoms with Crippen LogP contribution in [-0.2, 0) is 13.0 Å². The molecule has 1 aromatic carbocycles. The minimum Gasteiger partial charge on any atom is -0.493 e. The first kappa shape index (κ1) is 22.7. The molecule has 1 aromatic heterocycles. The van der Waals surface area contributed by atoms with Crippen LogP contribution in [0.1, 0.15) is 30.9 Å². The van der Waals surface area contributed by atoms with Gasteiger partial charge in [-0.1, -0.05) is 35.9 Å². The van der Waals surface area contributed by atoms with Crippen molar-refractivity contribution in [3.8, 4) is 5.75 Å². The van der Waals surface area contributed by atoms with E-state index in [0.29, 0.717) is 11.7 Å². The van der Waals surface area contributed by atoms with Crippen LogP contribution in [0.15, 0.2) is 47.6 Å². The highest BCUT2D eigenvalue weighted by Crippen LogP contribution is 2.30. The summed E-state index contributed by atoms with van der Waals surface area (Å²) >= 11 is 5.83. The maximum Gasteiger partial charge on any atom is 0.191 e. The lowest BCUT2D eigenvalue weighted by Crippen LogP contribution is -2.38. The number of aromatic nitrogens is 1. The van der Waals surface area contributed by atoms with E-state index in [1.807, 2.05) is 36.5 Å². The number of aliphatic imine (C=N–C) groups is 1. The van der Waals surface area contributed by atoms with Crippen molar-refractivity contribution in [1.29, 1.82) is 0 Å². The first-order valence-electron chi connectivity index (χ1n) is 9.58. The Balaban J connectivity index is 0.00000280. The molecule has 152 valence electrons. The number of guanidine groups is 1. The van der Waals surface area contributed by atoms with Gasteiger partial charge < -0.3 is 15.4 Å². The van der Waals surface area contributed by atoms with E-state index in [4.69, 9.17) is 21.3 Å². The smallest absolute Gasteiger partial charge is 0.191 e. The lowest BCUT2D eigenvalue weighted by molar-refractivity contribution is 0.297. The molecule has 0 spiro atoms. The highest BCUT2D eigenvalue weighted by molar-refractivity contribution is 14.0. The van der Waals surface area contributed by atoms with Gasteiger partial charge in [0.15, 0.2) is 5.96 Å². The van der Waals surface area contributed by atoms with E-state index in [2.05, 4.69) is 28.6 Å². The van der Waals surface area contributed by atoms with E-state index in [-0.39, 0.29) is 24.0 Å². The van der Waals surface area contributed by atoms with Gasteiger partial charge in [-0.3, -0.25) is 0 Å². The number of nitrogens with zero attached hydrogens (tertiary/aromatic N) is 2. The van der Waals surface area contributed by atoms with Crippen LogP contribution in [0.25, 0.3) is 0 Å². The fourth-order valence-corrected chi connectivity index (χ4v) is 2.76. The lowest BCUT2D eigenvalue weighted by atomic mass is 10.2. The predicted octanol–water partition coefficient (Wildman–Crippen LogP) is 4.44. The number of benzene rings is 1. The van der Waals surface area contributed by atoms with Crippen LogP contribution >= 0.6 is 35.6 Å². The Bertz CT molecular complexity index is 750. The molecule has 0 radical (unpaired) electrons. The van der Waals surface area contributed by atoms with Crippen LogP contribution in [0.4, 0.5) is 0 Å². The minimum absolute atomic E-state index is 0. The number of para-hydroxylation sites is 1. The summed E-state index contributed by atoms with van der Waals surface area (Å²) < 4.78 is 5.97. The first-order valence-corrected chi connectivity index (χ1v) is 9.95. The van der Waals surface area contributed by atoms with Crippen LogP contribution in [0.3, 0.4) is 0 Å². The average Bonchev–Trinajstić information content (AvgIpc) is 3.51. The molecular weight excluding hydrogens is 487 g/mol. The SMILES string of the molecule is CCNC(=NCc1ccccc1OCC1CC1)NCCc1ccc(Cl)nc1.I. The number of hydrogen-bond acceptors (Lipinski definition) is 3. The van der Waals surface area contributed by atoms with Gasteiger partial charge in [-0.2, -0.15) is 0 Å². The summed E-state index contributed by atoms with van der Waals surface area (Å²) in [6.07, 6.45) is 5.24. The zero-order valence-electron chi connectivity index (χ0n) is 16.2. The fraction of sp³-hybridized carbons (Fsp3) is 0.429. The normalized spacial score (nSPS) is 13.6. The molecule has 0 bridgehead atoms. The van der Waals surface area contributed by atoms with Gasteiger partial charge in [0.2, 0.25) is 0 Å². The maximum atomic E-state index is 5.97. The van der Waals surface area contributed by atoms with E-state index < -0.39 is 0 Å². The van der Waals surface area contributed by atoms with E-state index in [9.17, 15) is 0 Å². The van der Waals surface area contributed by atoms with Crippen LogP contribution in [-0.4, -0.2) is 30.6 Å².